The van der Waals surface area contributed by atoms with Crippen LogP contribution in [0.15, 0.2) is 24.4 Å². The molecule has 1 aliphatic carbocycles. The third-order valence-electron chi connectivity index (χ3n) is 4.17. The number of aryl methyl sites for hydroxylation is 1. The zero-order valence-corrected chi connectivity index (χ0v) is 10.4. The van der Waals surface area contributed by atoms with Gasteiger partial charge in [-0.1, -0.05) is 12.1 Å². The van der Waals surface area contributed by atoms with Crippen LogP contribution in [0.2, 0.25) is 0 Å². The molecule has 1 fully saturated rings. The maximum absolute atomic E-state index is 4.43. The van der Waals surface area contributed by atoms with Crippen LogP contribution in [-0.2, 0) is 0 Å². The second-order valence-electron chi connectivity index (χ2n) is 5.28. The van der Waals surface area contributed by atoms with Gasteiger partial charge in [0.05, 0.1) is 0 Å². The summed E-state index contributed by atoms with van der Waals surface area (Å²) in [5, 5.41) is 3.53. The summed E-state index contributed by atoms with van der Waals surface area (Å²) in [6.45, 7) is 4.38. The molecule has 2 heteroatoms. The summed E-state index contributed by atoms with van der Waals surface area (Å²) < 4.78 is 0. The minimum atomic E-state index is 0.710. The van der Waals surface area contributed by atoms with Crippen LogP contribution in [-0.4, -0.2) is 18.1 Å². The number of hydrogen-bond acceptors (Lipinski definition) is 2. The molecule has 0 radical (unpaired) electrons. The number of nitrogens with one attached hydrogen (secondary N) is 1. The molecule has 2 heterocycles. The molecule has 1 saturated heterocycles. The van der Waals surface area contributed by atoms with Crippen molar-refractivity contribution in [2.24, 2.45) is 11.8 Å². The quantitative estimate of drug-likeness (QED) is 0.799. The minimum absolute atomic E-state index is 0.710. The second-order valence-corrected chi connectivity index (χ2v) is 5.28. The summed E-state index contributed by atoms with van der Waals surface area (Å²) in [7, 11) is 0. The van der Waals surface area contributed by atoms with Crippen LogP contribution < -0.4 is 5.32 Å². The summed E-state index contributed by atoms with van der Waals surface area (Å²) in [5.74, 6) is 1.60. The standard InChI is InChI=1S/C15H20N2/c1-11-5-6-13(9-17-11)14-4-2-3-12-7-8-16-10-15(12)14/h4-6,9,12,15-16H,2-3,7-8,10H2,1H3/t12-,15+/m0/s1. The molecule has 0 unspecified atom stereocenters. The van der Waals surface area contributed by atoms with Gasteiger partial charge in [-0.15, -0.1) is 0 Å². The predicted molar refractivity (Wildman–Crippen MR) is 70.7 cm³/mol. The van der Waals surface area contributed by atoms with E-state index in [4.69, 9.17) is 0 Å². The van der Waals surface area contributed by atoms with Crippen molar-refractivity contribution >= 4 is 5.57 Å². The third-order valence-corrected chi connectivity index (χ3v) is 4.17. The first-order valence-corrected chi connectivity index (χ1v) is 6.68. The lowest BCUT2D eigenvalue weighted by Gasteiger charge is -2.37. The number of aromatic nitrogens is 1. The van der Waals surface area contributed by atoms with E-state index in [-0.39, 0.29) is 0 Å². The fraction of sp³-hybridized carbons (Fsp3) is 0.533. The molecule has 17 heavy (non-hydrogen) atoms. The van der Waals surface area contributed by atoms with E-state index < -0.39 is 0 Å². The van der Waals surface area contributed by atoms with Crippen LogP contribution in [0, 0.1) is 18.8 Å². The van der Waals surface area contributed by atoms with Gasteiger partial charge in [-0.3, -0.25) is 4.98 Å². The van der Waals surface area contributed by atoms with Gasteiger partial charge in [0.25, 0.3) is 0 Å². The second kappa shape index (κ2) is 4.61. The minimum Gasteiger partial charge on any atom is -0.316 e. The number of piperidine rings is 1. The van der Waals surface area contributed by atoms with Gasteiger partial charge in [-0.25, -0.2) is 0 Å². The van der Waals surface area contributed by atoms with Crippen molar-refractivity contribution in [3.8, 4) is 0 Å². The Labute approximate surface area is 103 Å². The first-order valence-electron chi connectivity index (χ1n) is 6.68. The van der Waals surface area contributed by atoms with Crippen molar-refractivity contribution in [1.82, 2.24) is 10.3 Å². The summed E-state index contributed by atoms with van der Waals surface area (Å²) in [4.78, 5) is 4.43. The Bertz CT molecular complexity index is 419. The van der Waals surface area contributed by atoms with Gasteiger partial charge >= 0.3 is 0 Å². The van der Waals surface area contributed by atoms with Crippen molar-refractivity contribution in [3.63, 3.8) is 0 Å². The SMILES string of the molecule is Cc1ccc(C2=CCC[C@H]3CCNC[C@@H]23)cn1. The van der Waals surface area contributed by atoms with E-state index in [9.17, 15) is 0 Å². The Morgan fingerprint density at radius 1 is 1.29 bits per heavy atom. The lowest BCUT2D eigenvalue weighted by Crippen LogP contribution is -2.38. The zero-order valence-electron chi connectivity index (χ0n) is 10.4. The van der Waals surface area contributed by atoms with Gasteiger partial charge in [0.2, 0.25) is 0 Å². The molecule has 1 aromatic heterocycles. The highest BCUT2D eigenvalue weighted by molar-refractivity contribution is 5.68. The van der Waals surface area contributed by atoms with Gasteiger partial charge in [-0.05, 0) is 61.8 Å². The van der Waals surface area contributed by atoms with E-state index in [0.29, 0.717) is 5.92 Å². The molecule has 2 atom stereocenters. The zero-order chi connectivity index (χ0) is 11.7. The lowest BCUT2D eigenvalue weighted by molar-refractivity contribution is 0.285. The average Bonchev–Trinajstić information content (AvgIpc) is 2.39. The smallest absolute Gasteiger partial charge is 0.0373 e. The Balaban J connectivity index is 1.90. The van der Waals surface area contributed by atoms with Gasteiger partial charge in [0.15, 0.2) is 0 Å². The van der Waals surface area contributed by atoms with Crippen molar-refractivity contribution in [2.45, 2.75) is 26.2 Å². The van der Waals surface area contributed by atoms with Gasteiger partial charge < -0.3 is 5.32 Å². The van der Waals surface area contributed by atoms with E-state index in [2.05, 4.69) is 28.5 Å². The first kappa shape index (κ1) is 11.0. The monoisotopic (exact) mass is 228 g/mol. The molecule has 2 nitrogen and oxygen atoms in total. The van der Waals surface area contributed by atoms with Crippen LogP contribution in [0.3, 0.4) is 0 Å². The van der Waals surface area contributed by atoms with E-state index in [1.54, 1.807) is 0 Å². The van der Waals surface area contributed by atoms with Crippen LogP contribution in [0.5, 0.6) is 0 Å². The molecule has 0 bridgehead atoms. The van der Waals surface area contributed by atoms with E-state index >= 15 is 0 Å². The fourth-order valence-corrected chi connectivity index (χ4v) is 3.20. The normalized spacial score (nSPS) is 28.4. The third kappa shape index (κ3) is 2.14. The van der Waals surface area contributed by atoms with Crippen molar-refractivity contribution < 1.29 is 0 Å². The van der Waals surface area contributed by atoms with Crippen molar-refractivity contribution in [2.75, 3.05) is 13.1 Å². The predicted octanol–water partition coefficient (Wildman–Crippen LogP) is 2.79. The van der Waals surface area contributed by atoms with Gasteiger partial charge in [0.1, 0.15) is 0 Å². The Hall–Kier alpha value is -1.15. The average molecular weight is 228 g/mol. The molecule has 3 rings (SSSR count). The molecule has 2 aliphatic rings. The number of rotatable bonds is 1. The number of allylic oxidation sites excluding steroid dienone is 1. The number of nitrogens with zero attached hydrogens (tertiary/aromatic N) is 1. The van der Waals surface area contributed by atoms with E-state index in [0.717, 1.165) is 18.2 Å². The number of fused-ring (bicyclic) bond motifs is 1. The van der Waals surface area contributed by atoms with Crippen LogP contribution in [0.4, 0.5) is 0 Å². The molecule has 1 aromatic rings. The van der Waals surface area contributed by atoms with E-state index in [1.165, 1.54) is 36.9 Å². The Morgan fingerprint density at radius 2 is 2.24 bits per heavy atom. The van der Waals surface area contributed by atoms with Crippen molar-refractivity contribution in [1.29, 1.82) is 0 Å². The Morgan fingerprint density at radius 3 is 3.06 bits per heavy atom. The fourth-order valence-electron chi connectivity index (χ4n) is 3.20. The number of hydrogen-bond donors (Lipinski definition) is 1. The molecule has 0 saturated carbocycles. The molecule has 0 amide bonds. The maximum Gasteiger partial charge on any atom is 0.0373 e. The molecule has 0 aromatic carbocycles. The highest BCUT2D eigenvalue weighted by Gasteiger charge is 2.30. The molecular formula is C15H20N2. The van der Waals surface area contributed by atoms with Crippen LogP contribution in [0.25, 0.3) is 5.57 Å². The lowest BCUT2D eigenvalue weighted by atomic mass is 9.73. The summed E-state index contributed by atoms with van der Waals surface area (Å²) in [6.07, 6.45) is 8.42. The topological polar surface area (TPSA) is 24.9 Å². The largest absolute Gasteiger partial charge is 0.316 e. The molecule has 1 aliphatic heterocycles. The Kier molecular flexibility index (Phi) is 2.98. The van der Waals surface area contributed by atoms with Crippen LogP contribution in [0.1, 0.15) is 30.5 Å². The maximum atomic E-state index is 4.43. The van der Waals surface area contributed by atoms with E-state index in [1.807, 2.05) is 13.1 Å². The van der Waals surface area contributed by atoms with Crippen LogP contribution >= 0.6 is 0 Å². The van der Waals surface area contributed by atoms with Gasteiger partial charge in [0, 0.05) is 18.4 Å². The highest BCUT2D eigenvalue weighted by Crippen LogP contribution is 2.39. The molecule has 90 valence electrons. The highest BCUT2D eigenvalue weighted by atomic mass is 14.9. The first-order chi connectivity index (χ1) is 8.34. The summed E-state index contributed by atoms with van der Waals surface area (Å²) >= 11 is 0. The summed E-state index contributed by atoms with van der Waals surface area (Å²) in [5.41, 5.74) is 3.96. The molecule has 1 N–H and O–H groups in total. The molecular weight excluding hydrogens is 208 g/mol. The summed E-state index contributed by atoms with van der Waals surface area (Å²) in [6, 6.07) is 4.35. The van der Waals surface area contributed by atoms with Crippen molar-refractivity contribution in [3.05, 3.63) is 35.7 Å². The molecule has 0 spiro atoms. The van der Waals surface area contributed by atoms with Gasteiger partial charge in [-0.2, -0.15) is 0 Å². The number of pyridine rings is 1.